The molecular weight excluding hydrogens is 554 g/mol. The number of nitrogens with one attached hydrogen (secondary N) is 2. The van der Waals surface area contributed by atoms with Crippen LogP contribution in [-0.2, 0) is 17.1 Å². The van der Waals surface area contributed by atoms with Gasteiger partial charge in [0.1, 0.15) is 16.9 Å². The quantitative estimate of drug-likeness (QED) is 0.295. The summed E-state index contributed by atoms with van der Waals surface area (Å²) >= 11 is 0. The van der Waals surface area contributed by atoms with Crippen molar-refractivity contribution in [2.24, 2.45) is 7.05 Å². The van der Waals surface area contributed by atoms with Crippen LogP contribution < -0.4 is 10.0 Å². The lowest BCUT2D eigenvalue weighted by atomic mass is 9.89. The van der Waals surface area contributed by atoms with Gasteiger partial charge in [-0.25, -0.2) is 18.1 Å². The molecule has 0 unspecified atom stereocenters. The Labute approximate surface area is 243 Å². The molecule has 42 heavy (non-hydrogen) atoms. The van der Waals surface area contributed by atoms with Crippen LogP contribution in [0.3, 0.4) is 0 Å². The standard InChI is InChI=1S/C30H31N7O4S/c1-3-42(40,41)34-29(38)24-19-32-37-27(24)31-18-25(28(37)33-23-9-10-26-22(17-23)11-14-35(26)2)30(39)36-15-12-21(13-16-36)20-7-5-4-6-8-20/h4-11,14,17-19,21,33H,3,12-13,15-16H2,1-2H3,(H,34,38). The van der Waals surface area contributed by atoms with Gasteiger partial charge in [0.2, 0.25) is 10.0 Å². The first kappa shape index (κ1) is 27.5. The molecule has 1 aliphatic rings. The van der Waals surface area contributed by atoms with Gasteiger partial charge in [0.25, 0.3) is 11.8 Å². The van der Waals surface area contributed by atoms with Crippen molar-refractivity contribution in [3.8, 4) is 0 Å². The molecule has 0 saturated carbocycles. The molecule has 3 aromatic heterocycles. The lowest BCUT2D eigenvalue weighted by Gasteiger charge is -2.32. The first-order chi connectivity index (χ1) is 20.2. The Bertz CT molecular complexity index is 1910. The number of piperidine rings is 1. The number of rotatable bonds is 7. The van der Waals surface area contributed by atoms with Crippen molar-refractivity contribution in [3.05, 3.63) is 89.9 Å². The van der Waals surface area contributed by atoms with Crippen LogP contribution in [0.5, 0.6) is 0 Å². The van der Waals surface area contributed by atoms with Crippen LogP contribution in [0.2, 0.25) is 0 Å². The average Bonchev–Trinajstić information content (AvgIpc) is 3.61. The Morgan fingerprint density at radius 3 is 2.50 bits per heavy atom. The number of anilines is 2. The highest BCUT2D eigenvalue weighted by Crippen LogP contribution is 2.31. The van der Waals surface area contributed by atoms with Crippen molar-refractivity contribution in [3.63, 3.8) is 0 Å². The molecule has 0 aliphatic carbocycles. The largest absolute Gasteiger partial charge is 0.351 e. The summed E-state index contributed by atoms with van der Waals surface area (Å²) in [4.78, 5) is 33.0. The first-order valence-corrected chi connectivity index (χ1v) is 15.5. The van der Waals surface area contributed by atoms with E-state index in [0.717, 1.165) is 23.7 Å². The summed E-state index contributed by atoms with van der Waals surface area (Å²) < 4.78 is 29.5. The topological polar surface area (TPSA) is 131 Å². The van der Waals surface area contributed by atoms with Crippen molar-refractivity contribution >= 4 is 49.9 Å². The zero-order chi connectivity index (χ0) is 29.4. The molecule has 5 aromatic rings. The number of fused-ring (bicyclic) bond motifs is 2. The molecule has 0 atom stereocenters. The van der Waals surface area contributed by atoms with E-state index >= 15 is 0 Å². The second-order valence-electron chi connectivity index (χ2n) is 10.5. The number of carbonyl (C=O) groups is 2. The van der Waals surface area contributed by atoms with Gasteiger partial charge >= 0.3 is 0 Å². The fourth-order valence-electron chi connectivity index (χ4n) is 5.44. The Balaban J connectivity index is 1.36. The highest BCUT2D eigenvalue weighted by molar-refractivity contribution is 7.90. The minimum atomic E-state index is -3.79. The van der Waals surface area contributed by atoms with Gasteiger partial charge in [-0.15, -0.1) is 0 Å². The lowest BCUT2D eigenvalue weighted by molar-refractivity contribution is 0.0713. The van der Waals surface area contributed by atoms with Crippen molar-refractivity contribution in [2.75, 3.05) is 24.2 Å². The number of benzene rings is 2. The predicted octanol–water partition coefficient (Wildman–Crippen LogP) is 4.06. The number of likely N-dealkylation sites (tertiary alicyclic amines) is 1. The fourth-order valence-corrected chi connectivity index (χ4v) is 5.98. The van der Waals surface area contributed by atoms with Crippen molar-refractivity contribution in [1.82, 2.24) is 28.8 Å². The third kappa shape index (κ3) is 5.20. The number of hydrogen-bond acceptors (Lipinski definition) is 7. The summed E-state index contributed by atoms with van der Waals surface area (Å²) in [6, 6.07) is 18.2. The molecule has 12 heteroatoms. The highest BCUT2D eigenvalue weighted by Gasteiger charge is 2.29. The molecular formula is C30H31N7O4S. The molecule has 0 spiro atoms. The maximum Gasteiger partial charge on any atom is 0.270 e. The zero-order valence-corrected chi connectivity index (χ0v) is 24.1. The van der Waals surface area contributed by atoms with Crippen LogP contribution in [0.4, 0.5) is 11.5 Å². The molecule has 2 aromatic carbocycles. The van der Waals surface area contributed by atoms with Crippen LogP contribution in [-0.4, -0.2) is 63.1 Å². The summed E-state index contributed by atoms with van der Waals surface area (Å²) in [6.45, 7) is 2.62. The van der Waals surface area contributed by atoms with Crippen LogP contribution in [0, 0.1) is 0 Å². The van der Waals surface area contributed by atoms with Gasteiger partial charge in [0, 0.05) is 49.1 Å². The Morgan fingerprint density at radius 2 is 1.76 bits per heavy atom. The van der Waals surface area contributed by atoms with Gasteiger partial charge < -0.3 is 14.8 Å². The van der Waals surface area contributed by atoms with Crippen LogP contribution in [0.25, 0.3) is 16.6 Å². The van der Waals surface area contributed by atoms with Crippen molar-refractivity contribution in [1.29, 1.82) is 0 Å². The van der Waals surface area contributed by atoms with E-state index in [1.165, 1.54) is 29.4 Å². The normalized spacial score (nSPS) is 14.4. The average molecular weight is 586 g/mol. The van der Waals surface area contributed by atoms with Gasteiger partial charge in [-0.1, -0.05) is 30.3 Å². The smallest absolute Gasteiger partial charge is 0.270 e. The zero-order valence-electron chi connectivity index (χ0n) is 23.3. The Hall–Kier alpha value is -4.71. The van der Waals surface area contributed by atoms with E-state index in [1.807, 2.05) is 69.9 Å². The van der Waals surface area contributed by atoms with Gasteiger partial charge in [-0.2, -0.15) is 9.61 Å². The maximum absolute atomic E-state index is 13.9. The molecule has 1 saturated heterocycles. The van der Waals surface area contributed by atoms with Gasteiger partial charge in [0.05, 0.1) is 11.9 Å². The molecule has 1 fully saturated rings. The van der Waals surface area contributed by atoms with Gasteiger partial charge in [0.15, 0.2) is 5.65 Å². The number of sulfonamides is 1. The third-order valence-corrected chi connectivity index (χ3v) is 9.09. The van der Waals surface area contributed by atoms with Crippen molar-refractivity contribution < 1.29 is 18.0 Å². The van der Waals surface area contributed by atoms with E-state index in [4.69, 9.17) is 0 Å². The second-order valence-corrected chi connectivity index (χ2v) is 12.5. The Morgan fingerprint density at radius 1 is 1.00 bits per heavy atom. The molecule has 0 bridgehead atoms. The van der Waals surface area contributed by atoms with Crippen molar-refractivity contribution in [2.45, 2.75) is 25.7 Å². The first-order valence-electron chi connectivity index (χ1n) is 13.8. The lowest BCUT2D eigenvalue weighted by Crippen LogP contribution is -2.38. The Kier molecular flexibility index (Phi) is 7.15. The monoisotopic (exact) mass is 585 g/mol. The number of carbonyl (C=O) groups excluding carboxylic acids is 2. The maximum atomic E-state index is 13.9. The highest BCUT2D eigenvalue weighted by atomic mass is 32.2. The number of hydrogen-bond donors (Lipinski definition) is 2. The van der Waals surface area contributed by atoms with E-state index in [-0.39, 0.29) is 22.9 Å². The summed E-state index contributed by atoms with van der Waals surface area (Å²) in [6.07, 6.45) is 6.34. The fraction of sp³-hybridized carbons (Fsp3) is 0.267. The van der Waals surface area contributed by atoms with Crippen LogP contribution in [0.15, 0.2) is 73.2 Å². The van der Waals surface area contributed by atoms with E-state index < -0.39 is 15.9 Å². The summed E-state index contributed by atoms with van der Waals surface area (Å²) in [5.74, 6) is -0.562. The molecule has 1 aliphatic heterocycles. The molecule has 4 heterocycles. The number of aromatic nitrogens is 4. The molecule has 11 nitrogen and oxygen atoms in total. The summed E-state index contributed by atoms with van der Waals surface area (Å²) in [5, 5.41) is 8.70. The van der Waals surface area contributed by atoms with E-state index in [2.05, 4.69) is 27.5 Å². The van der Waals surface area contributed by atoms with E-state index in [1.54, 1.807) is 0 Å². The van der Waals surface area contributed by atoms with Gasteiger partial charge in [-0.05, 0) is 55.5 Å². The molecule has 6 rings (SSSR count). The third-order valence-electron chi connectivity index (χ3n) is 7.83. The minimum absolute atomic E-state index is 0.0174. The number of nitrogens with zero attached hydrogens (tertiary/aromatic N) is 5. The van der Waals surface area contributed by atoms with Crippen LogP contribution in [0.1, 0.15) is 52.0 Å². The SMILES string of the molecule is CCS(=O)(=O)NC(=O)c1cnn2c(Nc3ccc4c(ccn4C)c3)c(C(=O)N3CCC(c4ccccc4)CC3)cnc12. The molecule has 216 valence electrons. The minimum Gasteiger partial charge on any atom is -0.351 e. The predicted molar refractivity (Wildman–Crippen MR) is 160 cm³/mol. The van der Waals surface area contributed by atoms with Crippen LogP contribution >= 0.6 is 0 Å². The van der Waals surface area contributed by atoms with E-state index in [0.29, 0.717) is 36.1 Å². The second kappa shape index (κ2) is 10.9. The molecule has 0 radical (unpaired) electrons. The number of amides is 2. The summed E-state index contributed by atoms with van der Waals surface area (Å²) in [7, 11) is -1.83. The molecule has 2 amide bonds. The summed E-state index contributed by atoms with van der Waals surface area (Å²) in [5.41, 5.74) is 3.45. The van der Waals surface area contributed by atoms with Gasteiger partial charge in [-0.3, -0.25) is 9.59 Å². The van der Waals surface area contributed by atoms with E-state index in [9.17, 15) is 18.0 Å². The molecule has 2 N–H and O–H groups in total. The number of aryl methyl sites for hydroxylation is 1.